The lowest BCUT2D eigenvalue weighted by Crippen LogP contribution is -2.31. The highest BCUT2D eigenvalue weighted by atomic mass is 16.5. The molecule has 8 nitrogen and oxygen atoms in total. The molecule has 0 fully saturated rings. The van der Waals surface area contributed by atoms with Crippen LogP contribution in [0.2, 0.25) is 0 Å². The van der Waals surface area contributed by atoms with Crippen molar-refractivity contribution in [3.8, 4) is 11.5 Å². The summed E-state index contributed by atoms with van der Waals surface area (Å²) in [6.45, 7) is -0.171. The van der Waals surface area contributed by atoms with Crippen LogP contribution in [0, 0.1) is 0 Å². The normalized spacial score (nSPS) is 10.4. The van der Waals surface area contributed by atoms with E-state index in [0.717, 1.165) is 11.1 Å². The first kappa shape index (κ1) is 22.5. The second kappa shape index (κ2) is 11.3. The molecular formula is C22H24N2O6. The van der Waals surface area contributed by atoms with Crippen LogP contribution in [0.3, 0.4) is 0 Å². The van der Waals surface area contributed by atoms with E-state index in [4.69, 9.17) is 9.47 Å². The molecule has 30 heavy (non-hydrogen) atoms. The average molecular weight is 412 g/mol. The Morgan fingerprint density at radius 3 is 2.27 bits per heavy atom. The lowest BCUT2D eigenvalue weighted by Gasteiger charge is -2.08. The van der Waals surface area contributed by atoms with Crippen molar-refractivity contribution in [2.75, 3.05) is 33.2 Å². The molecule has 0 aliphatic carbocycles. The van der Waals surface area contributed by atoms with Gasteiger partial charge in [0.25, 0.3) is 0 Å². The van der Waals surface area contributed by atoms with Crippen LogP contribution in [-0.4, -0.2) is 45.7 Å². The maximum absolute atomic E-state index is 12.1. The molecule has 158 valence electrons. The van der Waals surface area contributed by atoms with Crippen LogP contribution in [-0.2, 0) is 25.5 Å². The van der Waals surface area contributed by atoms with E-state index in [9.17, 15) is 14.4 Å². The van der Waals surface area contributed by atoms with Gasteiger partial charge in [-0.05, 0) is 41.5 Å². The van der Waals surface area contributed by atoms with Crippen molar-refractivity contribution < 1.29 is 28.6 Å². The van der Waals surface area contributed by atoms with Gasteiger partial charge < -0.3 is 24.8 Å². The molecule has 0 bridgehead atoms. The van der Waals surface area contributed by atoms with Crippen molar-refractivity contribution in [3.63, 3.8) is 0 Å². The minimum absolute atomic E-state index is 0.116. The van der Waals surface area contributed by atoms with E-state index in [2.05, 4.69) is 15.4 Å². The predicted molar refractivity (Wildman–Crippen MR) is 112 cm³/mol. The molecule has 0 atom stereocenters. The van der Waals surface area contributed by atoms with Crippen molar-refractivity contribution >= 4 is 29.5 Å². The summed E-state index contributed by atoms with van der Waals surface area (Å²) >= 11 is 0. The lowest BCUT2D eigenvalue weighted by molar-refractivity contribution is -0.141. The second-order valence-corrected chi connectivity index (χ2v) is 6.16. The first-order valence-corrected chi connectivity index (χ1v) is 9.08. The van der Waals surface area contributed by atoms with Gasteiger partial charge in [0.05, 0.1) is 27.8 Å². The largest absolute Gasteiger partial charge is 0.493 e. The summed E-state index contributed by atoms with van der Waals surface area (Å²) in [5, 5.41) is 5.22. The van der Waals surface area contributed by atoms with Gasteiger partial charge in [-0.25, -0.2) is 0 Å². The fourth-order valence-electron chi connectivity index (χ4n) is 2.51. The number of amides is 2. The van der Waals surface area contributed by atoms with Gasteiger partial charge >= 0.3 is 5.97 Å². The highest BCUT2D eigenvalue weighted by Crippen LogP contribution is 2.27. The number of methoxy groups -OCH3 is 3. The molecule has 0 heterocycles. The molecule has 0 spiro atoms. The van der Waals surface area contributed by atoms with E-state index in [1.165, 1.54) is 13.2 Å². The lowest BCUT2D eigenvalue weighted by atomic mass is 10.1. The number of hydrogen-bond donors (Lipinski definition) is 2. The van der Waals surface area contributed by atoms with E-state index in [1.807, 2.05) is 6.07 Å². The second-order valence-electron chi connectivity index (χ2n) is 6.16. The number of carbonyl (C=O) groups is 3. The molecule has 0 radical (unpaired) electrons. The van der Waals surface area contributed by atoms with Gasteiger partial charge in [0.1, 0.15) is 6.54 Å². The van der Waals surface area contributed by atoms with Crippen molar-refractivity contribution in [1.82, 2.24) is 5.32 Å². The SMILES string of the molecule is COC(=O)CNC(=O)Cc1ccc(NC(=O)C=Cc2ccc(OC)c(OC)c2)cc1. The summed E-state index contributed by atoms with van der Waals surface area (Å²) in [5.41, 5.74) is 2.13. The molecule has 2 N–H and O–H groups in total. The van der Waals surface area contributed by atoms with Gasteiger partial charge in [0.2, 0.25) is 11.8 Å². The number of ether oxygens (including phenoxy) is 3. The van der Waals surface area contributed by atoms with Crippen LogP contribution in [0.25, 0.3) is 6.08 Å². The van der Waals surface area contributed by atoms with Crippen LogP contribution in [0.15, 0.2) is 48.5 Å². The molecule has 0 aromatic heterocycles. The minimum atomic E-state index is -0.512. The fraction of sp³-hybridized carbons (Fsp3) is 0.227. The molecule has 2 amide bonds. The number of rotatable bonds is 9. The number of anilines is 1. The molecular weight excluding hydrogens is 388 g/mol. The topological polar surface area (TPSA) is 103 Å². The van der Waals surface area contributed by atoms with Gasteiger partial charge in [0, 0.05) is 11.8 Å². The maximum atomic E-state index is 12.1. The Kier molecular flexibility index (Phi) is 8.43. The first-order chi connectivity index (χ1) is 14.4. The van der Waals surface area contributed by atoms with Crippen LogP contribution < -0.4 is 20.1 Å². The molecule has 0 saturated carbocycles. The highest BCUT2D eigenvalue weighted by molar-refractivity contribution is 6.02. The Morgan fingerprint density at radius 2 is 1.63 bits per heavy atom. The van der Waals surface area contributed by atoms with Gasteiger partial charge in [0.15, 0.2) is 11.5 Å². The molecule has 0 aliphatic rings. The van der Waals surface area contributed by atoms with Gasteiger partial charge in [-0.2, -0.15) is 0 Å². The zero-order valence-corrected chi connectivity index (χ0v) is 17.1. The number of hydrogen-bond acceptors (Lipinski definition) is 6. The summed E-state index contributed by atoms with van der Waals surface area (Å²) in [6.07, 6.45) is 3.19. The van der Waals surface area contributed by atoms with Crippen molar-refractivity contribution in [2.24, 2.45) is 0 Å². The van der Waals surface area contributed by atoms with E-state index in [0.29, 0.717) is 17.2 Å². The summed E-state index contributed by atoms with van der Waals surface area (Å²) in [4.78, 5) is 35.0. The molecule has 2 aromatic carbocycles. The highest BCUT2D eigenvalue weighted by Gasteiger charge is 2.07. The van der Waals surface area contributed by atoms with E-state index < -0.39 is 5.97 Å². The Morgan fingerprint density at radius 1 is 0.933 bits per heavy atom. The van der Waals surface area contributed by atoms with Crippen molar-refractivity contribution in [3.05, 3.63) is 59.7 Å². The van der Waals surface area contributed by atoms with E-state index >= 15 is 0 Å². The fourth-order valence-corrected chi connectivity index (χ4v) is 2.51. The Hall–Kier alpha value is -3.81. The number of carbonyl (C=O) groups excluding carboxylic acids is 3. The number of nitrogens with one attached hydrogen (secondary N) is 2. The zero-order valence-electron chi connectivity index (χ0n) is 17.1. The van der Waals surface area contributed by atoms with Crippen molar-refractivity contribution in [1.29, 1.82) is 0 Å². The Bertz CT molecular complexity index is 922. The number of benzene rings is 2. The summed E-state index contributed by atoms with van der Waals surface area (Å²) in [6, 6.07) is 12.2. The van der Waals surface area contributed by atoms with E-state index in [1.54, 1.807) is 56.7 Å². The summed E-state index contributed by atoms with van der Waals surface area (Å²) in [5.74, 6) is 0.0791. The summed E-state index contributed by atoms with van der Waals surface area (Å²) < 4.78 is 14.9. The first-order valence-electron chi connectivity index (χ1n) is 9.08. The van der Waals surface area contributed by atoms with Crippen LogP contribution in [0.1, 0.15) is 11.1 Å². The van der Waals surface area contributed by atoms with Crippen LogP contribution in [0.5, 0.6) is 11.5 Å². The molecule has 2 rings (SSSR count). The average Bonchev–Trinajstić information content (AvgIpc) is 2.77. The third-order valence-electron chi connectivity index (χ3n) is 4.08. The third kappa shape index (κ3) is 6.97. The smallest absolute Gasteiger partial charge is 0.325 e. The maximum Gasteiger partial charge on any atom is 0.325 e. The monoisotopic (exact) mass is 412 g/mol. The molecule has 0 unspecified atom stereocenters. The van der Waals surface area contributed by atoms with E-state index in [-0.39, 0.29) is 24.8 Å². The molecule has 8 heteroatoms. The summed E-state index contributed by atoms with van der Waals surface area (Å²) in [7, 11) is 4.36. The quantitative estimate of drug-likeness (QED) is 0.483. The molecule has 0 aliphatic heterocycles. The molecule has 0 saturated heterocycles. The standard InChI is InChI=1S/C22H24N2O6/c1-28-18-10-6-15(12-19(18)29-2)7-11-20(25)24-17-8-4-16(5-9-17)13-21(26)23-14-22(27)30-3/h4-12H,13-14H2,1-3H3,(H,23,26)(H,24,25). The number of esters is 1. The Balaban J connectivity index is 1.89. The zero-order chi connectivity index (χ0) is 21.9. The van der Waals surface area contributed by atoms with Crippen LogP contribution >= 0.6 is 0 Å². The predicted octanol–water partition coefficient (Wildman–Crippen LogP) is 2.19. The molecule has 2 aromatic rings. The Labute approximate surface area is 174 Å². The van der Waals surface area contributed by atoms with Gasteiger partial charge in [-0.1, -0.05) is 18.2 Å². The van der Waals surface area contributed by atoms with Gasteiger partial charge in [-0.3, -0.25) is 14.4 Å². The van der Waals surface area contributed by atoms with Gasteiger partial charge in [-0.15, -0.1) is 0 Å². The third-order valence-corrected chi connectivity index (χ3v) is 4.08. The minimum Gasteiger partial charge on any atom is -0.493 e. The van der Waals surface area contributed by atoms with Crippen molar-refractivity contribution in [2.45, 2.75) is 6.42 Å². The van der Waals surface area contributed by atoms with Crippen LogP contribution in [0.4, 0.5) is 5.69 Å².